The molecule has 0 aliphatic heterocycles. The number of aromatic amines is 1. The van der Waals surface area contributed by atoms with Gasteiger partial charge in [-0.1, -0.05) is 65.0 Å². The van der Waals surface area contributed by atoms with Crippen molar-refractivity contribution in [1.82, 2.24) is 4.98 Å². The molecule has 0 saturated carbocycles. The molecule has 30 heavy (non-hydrogen) atoms. The van der Waals surface area contributed by atoms with E-state index in [9.17, 15) is 9.90 Å². The molecule has 2 unspecified atom stereocenters. The predicted molar refractivity (Wildman–Crippen MR) is 124 cm³/mol. The van der Waals surface area contributed by atoms with Crippen LogP contribution < -0.4 is 10.2 Å². The van der Waals surface area contributed by atoms with Gasteiger partial charge in [-0.15, -0.1) is 0 Å². The molecule has 2 rings (SSSR count). The Morgan fingerprint density at radius 2 is 1.73 bits per heavy atom. The van der Waals surface area contributed by atoms with Gasteiger partial charge in [0.15, 0.2) is 14.1 Å². The van der Waals surface area contributed by atoms with Crippen molar-refractivity contribution in [3.8, 4) is 5.75 Å². The molecule has 2 N–H and O–H groups in total. The molecule has 166 valence electrons. The van der Waals surface area contributed by atoms with Gasteiger partial charge in [-0.3, -0.25) is 4.79 Å². The molecule has 0 radical (unpaired) electrons. The Kier molecular flexibility index (Phi) is 8.08. The highest BCUT2D eigenvalue weighted by Crippen LogP contribution is 2.38. The zero-order valence-corrected chi connectivity index (χ0v) is 20.4. The zero-order valence-electron chi connectivity index (χ0n) is 19.4. The number of nitrogens with one attached hydrogen (secondary N) is 1. The Morgan fingerprint density at radius 1 is 1.10 bits per heavy atom. The maximum atomic E-state index is 12.5. The van der Waals surface area contributed by atoms with E-state index in [2.05, 4.69) is 52.7 Å². The first-order chi connectivity index (χ1) is 13.9. The van der Waals surface area contributed by atoms with Crippen LogP contribution in [0.5, 0.6) is 5.75 Å². The van der Waals surface area contributed by atoms with Gasteiger partial charge in [-0.2, -0.15) is 0 Å². The molecule has 1 aromatic heterocycles. The number of aromatic nitrogens is 1. The molecule has 2 aromatic rings. The van der Waals surface area contributed by atoms with Crippen LogP contribution in [0.4, 0.5) is 0 Å². The lowest BCUT2D eigenvalue weighted by Crippen LogP contribution is -2.43. The van der Waals surface area contributed by atoms with Gasteiger partial charge < -0.3 is 19.3 Å². The third-order valence-electron chi connectivity index (χ3n) is 6.17. The Hall–Kier alpha value is -1.89. The summed E-state index contributed by atoms with van der Waals surface area (Å²) in [4.78, 5) is 15.6. The van der Waals surface area contributed by atoms with E-state index in [4.69, 9.17) is 9.16 Å². The van der Waals surface area contributed by atoms with Crippen LogP contribution in [0.15, 0.2) is 47.4 Å². The minimum absolute atomic E-state index is 0.0878. The van der Waals surface area contributed by atoms with E-state index in [1.807, 2.05) is 30.3 Å². The number of hydrogen-bond acceptors (Lipinski definition) is 4. The van der Waals surface area contributed by atoms with Crippen LogP contribution in [0.25, 0.3) is 0 Å². The topological polar surface area (TPSA) is 71.5 Å². The minimum atomic E-state index is -1.96. The molecule has 1 heterocycles. The first-order valence-corrected chi connectivity index (χ1v) is 13.5. The second-order valence-electron chi connectivity index (χ2n) is 9.78. The molecule has 0 amide bonds. The van der Waals surface area contributed by atoms with E-state index in [1.165, 1.54) is 6.07 Å². The molecule has 0 spiro atoms. The summed E-state index contributed by atoms with van der Waals surface area (Å²) in [5.41, 5.74) is 1.13. The number of rotatable bonds is 9. The fourth-order valence-corrected chi connectivity index (χ4v) is 4.00. The Morgan fingerprint density at radius 3 is 2.30 bits per heavy atom. The smallest absolute Gasteiger partial charge is 0.223 e. The molecule has 6 heteroatoms. The van der Waals surface area contributed by atoms with Crippen molar-refractivity contribution in [1.29, 1.82) is 0 Å². The summed E-state index contributed by atoms with van der Waals surface area (Å²) in [6.45, 7) is 15.8. The normalized spacial score (nSPS) is 14.6. The van der Waals surface area contributed by atoms with Crippen LogP contribution in [0.3, 0.4) is 0 Å². The average molecular weight is 432 g/mol. The van der Waals surface area contributed by atoms with Gasteiger partial charge in [-0.05, 0) is 29.6 Å². The largest absolute Gasteiger partial charge is 0.483 e. The van der Waals surface area contributed by atoms with E-state index in [-0.39, 0.29) is 34.7 Å². The van der Waals surface area contributed by atoms with Gasteiger partial charge in [0.05, 0.1) is 5.69 Å². The molecule has 0 saturated heterocycles. The van der Waals surface area contributed by atoms with Crippen molar-refractivity contribution in [3.63, 3.8) is 0 Å². The van der Waals surface area contributed by atoms with Gasteiger partial charge in [-0.25, -0.2) is 0 Å². The van der Waals surface area contributed by atoms with Gasteiger partial charge >= 0.3 is 0 Å². The average Bonchev–Trinajstić information content (AvgIpc) is 2.66. The first-order valence-electron chi connectivity index (χ1n) is 10.6. The van der Waals surface area contributed by atoms with E-state index < -0.39 is 14.4 Å². The predicted octanol–water partition coefficient (Wildman–Crippen LogP) is 5.28. The number of hydrogen-bond donors (Lipinski definition) is 2. The Labute approximate surface area is 181 Å². The molecule has 0 fully saturated rings. The van der Waals surface area contributed by atoms with Crippen LogP contribution in [0.2, 0.25) is 18.1 Å². The maximum absolute atomic E-state index is 12.5. The number of benzene rings is 1. The highest BCUT2D eigenvalue weighted by atomic mass is 28.4. The number of aliphatic hydroxyl groups excluding tert-OH is 1. The Bertz CT molecular complexity index is 855. The quantitative estimate of drug-likeness (QED) is 0.530. The highest BCUT2D eigenvalue weighted by Gasteiger charge is 2.39. The van der Waals surface area contributed by atoms with Gasteiger partial charge in [0.1, 0.15) is 12.7 Å². The summed E-state index contributed by atoms with van der Waals surface area (Å²) in [5, 5.41) is 11.3. The van der Waals surface area contributed by atoms with E-state index in [0.29, 0.717) is 12.3 Å². The molecule has 0 aliphatic rings. The molecule has 2 atom stereocenters. The third kappa shape index (κ3) is 6.06. The molecule has 5 nitrogen and oxygen atoms in total. The van der Waals surface area contributed by atoms with Crippen molar-refractivity contribution in [2.24, 2.45) is 11.8 Å². The first kappa shape index (κ1) is 24.4. The molecule has 1 aromatic carbocycles. The van der Waals surface area contributed by atoms with Crippen LogP contribution in [-0.2, 0) is 11.0 Å². The lowest BCUT2D eigenvalue weighted by atomic mass is 9.89. The number of aliphatic hydroxyl groups is 1. The molecule has 0 aliphatic carbocycles. The van der Waals surface area contributed by atoms with Crippen molar-refractivity contribution in [2.45, 2.75) is 65.5 Å². The second-order valence-corrected chi connectivity index (χ2v) is 14.6. The van der Waals surface area contributed by atoms with E-state index >= 15 is 0 Å². The number of ether oxygens (including phenoxy) is 1. The van der Waals surface area contributed by atoms with Crippen molar-refractivity contribution < 1.29 is 14.3 Å². The third-order valence-corrected chi connectivity index (χ3v) is 10.7. The van der Waals surface area contributed by atoms with Crippen LogP contribution >= 0.6 is 0 Å². The van der Waals surface area contributed by atoms with E-state index in [1.54, 1.807) is 6.20 Å². The lowest BCUT2D eigenvalue weighted by molar-refractivity contribution is 0.0387. The summed E-state index contributed by atoms with van der Waals surface area (Å²) in [6, 6.07) is 11.1. The summed E-state index contributed by atoms with van der Waals surface area (Å²) < 4.78 is 12.3. The van der Waals surface area contributed by atoms with Crippen LogP contribution in [-0.4, -0.2) is 25.0 Å². The summed E-state index contributed by atoms with van der Waals surface area (Å²) in [5.74, 6) is 0.165. The molecular weight excluding hydrogens is 394 g/mol. The highest BCUT2D eigenvalue weighted by molar-refractivity contribution is 6.74. The van der Waals surface area contributed by atoms with Gasteiger partial charge in [0, 0.05) is 24.8 Å². The summed E-state index contributed by atoms with van der Waals surface area (Å²) >= 11 is 0. The second kappa shape index (κ2) is 9.94. The fourth-order valence-electron chi connectivity index (χ4n) is 2.96. The van der Waals surface area contributed by atoms with Crippen molar-refractivity contribution >= 4 is 8.32 Å². The van der Waals surface area contributed by atoms with Gasteiger partial charge in [0.2, 0.25) is 5.43 Å². The number of H-pyrrole nitrogens is 1. The lowest BCUT2D eigenvalue weighted by Gasteiger charge is -2.38. The molecular formula is C24H37NO4Si. The van der Waals surface area contributed by atoms with Crippen LogP contribution in [0, 0.1) is 11.8 Å². The van der Waals surface area contributed by atoms with E-state index in [0.717, 1.165) is 5.56 Å². The minimum Gasteiger partial charge on any atom is -0.483 e. The van der Waals surface area contributed by atoms with Crippen LogP contribution in [0.1, 0.15) is 52.0 Å². The maximum Gasteiger partial charge on any atom is 0.223 e. The zero-order chi connectivity index (χ0) is 22.5. The SMILES string of the molecule is CC(C)C(CO[Si](C)(C)C(C)(C)C)C(O)c1[nH]ccc(=O)c1OCc1ccccc1. The standard InChI is InChI=1S/C24H37NO4Si/c1-17(2)19(16-29-30(6,7)24(3,4)5)22(27)21-23(20(26)13-14-25-21)28-15-18-11-9-8-10-12-18/h8-14,17,19,22,27H,15-16H2,1-7H3,(H,25,26). The molecule has 0 bridgehead atoms. The fraction of sp³-hybridized carbons (Fsp3) is 0.542. The Balaban J connectivity index is 2.25. The monoisotopic (exact) mass is 431 g/mol. The van der Waals surface area contributed by atoms with Crippen molar-refractivity contribution in [2.75, 3.05) is 6.61 Å². The summed E-state index contributed by atoms with van der Waals surface area (Å²) in [6.07, 6.45) is 0.664. The van der Waals surface area contributed by atoms with Crippen molar-refractivity contribution in [3.05, 3.63) is 64.1 Å². The number of pyridine rings is 1. The van der Waals surface area contributed by atoms with Gasteiger partial charge in [0.25, 0.3) is 0 Å². The summed E-state index contributed by atoms with van der Waals surface area (Å²) in [7, 11) is -1.96.